The zero-order valence-electron chi connectivity index (χ0n) is 6.95. The zero-order chi connectivity index (χ0) is 10.6. The molecule has 1 atom stereocenters. The molecule has 14 heavy (non-hydrogen) atoms. The topological polar surface area (TPSA) is 58.6 Å². The predicted octanol–water partition coefficient (Wildman–Crippen LogP) is 2.38. The highest BCUT2D eigenvalue weighted by Crippen LogP contribution is 2.47. The summed E-state index contributed by atoms with van der Waals surface area (Å²) in [5.74, 6) is 0. The molecule has 0 heterocycles. The number of anilines is 1. The first-order chi connectivity index (χ1) is 6.47. The molecule has 76 valence electrons. The van der Waals surface area contributed by atoms with Gasteiger partial charge < -0.3 is 9.42 Å². The number of hydrogen-bond acceptors (Lipinski definition) is 3. The van der Waals surface area contributed by atoms with E-state index in [1.165, 1.54) is 0 Å². The minimum atomic E-state index is -3.24. The van der Waals surface area contributed by atoms with Crippen LogP contribution in [0.25, 0.3) is 0 Å². The standard InChI is InChI=1S/C7H8NO3PS2/c9-7(11-12(10,13)14)8-6-4-2-1-3-5-6/h1-5H,(H,8,9)(H2,10,13,14). The molecule has 0 saturated carbocycles. The van der Waals surface area contributed by atoms with Crippen molar-refractivity contribution in [1.82, 2.24) is 0 Å². The van der Waals surface area contributed by atoms with Gasteiger partial charge in [0.25, 0.3) is 5.69 Å². The number of nitrogens with one attached hydrogen (secondary N) is 1. The number of rotatable bonds is 2. The van der Waals surface area contributed by atoms with Gasteiger partial charge in [0.15, 0.2) is 0 Å². The van der Waals surface area contributed by atoms with Crippen molar-refractivity contribution in [1.29, 1.82) is 0 Å². The number of hydrogen-bond donors (Lipinski definition) is 3. The average Bonchev–Trinajstić information content (AvgIpc) is 2.02. The maximum Gasteiger partial charge on any atom is 0.417 e. The summed E-state index contributed by atoms with van der Waals surface area (Å²) in [4.78, 5) is 20.0. The Bertz CT molecular complexity index is 364. The maximum absolute atomic E-state index is 11.0. The molecule has 0 aliphatic rings. The summed E-state index contributed by atoms with van der Waals surface area (Å²) in [7, 11) is 0. The van der Waals surface area contributed by atoms with Crippen LogP contribution in [0.15, 0.2) is 30.3 Å². The summed E-state index contributed by atoms with van der Waals surface area (Å²) in [5, 5.41) is 2.39. The summed E-state index contributed by atoms with van der Waals surface area (Å²) in [6.07, 6.45) is -0.808. The van der Waals surface area contributed by atoms with Crippen molar-refractivity contribution in [3.8, 4) is 0 Å². The zero-order valence-corrected chi connectivity index (χ0v) is 9.56. The van der Waals surface area contributed by atoms with Crippen LogP contribution in [0.5, 0.6) is 0 Å². The molecule has 7 heteroatoms. The van der Waals surface area contributed by atoms with E-state index in [2.05, 4.69) is 33.9 Å². The third kappa shape index (κ3) is 4.62. The quantitative estimate of drug-likeness (QED) is 0.556. The molecule has 0 aliphatic carbocycles. The van der Waals surface area contributed by atoms with Crippen LogP contribution < -0.4 is 5.32 Å². The summed E-state index contributed by atoms with van der Waals surface area (Å²) in [6, 6.07) is 8.68. The van der Waals surface area contributed by atoms with E-state index < -0.39 is 11.8 Å². The van der Waals surface area contributed by atoms with E-state index in [1.54, 1.807) is 24.3 Å². The number of para-hydroxylation sites is 1. The molecule has 1 amide bonds. The lowest BCUT2D eigenvalue weighted by Gasteiger charge is -2.09. The van der Waals surface area contributed by atoms with E-state index >= 15 is 0 Å². The number of amides is 1. The Kier molecular flexibility index (Phi) is 3.95. The van der Waals surface area contributed by atoms with Gasteiger partial charge in [0, 0.05) is 5.69 Å². The van der Waals surface area contributed by atoms with Crippen LogP contribution in [0, 0.1) is 0 Å². The second kappa shape index (κ2) is 4.79. The number of thiol groups is 1. The molecule has 0 bridgehead atoms. The van der Waals surface area contributed by atoms with Gasteiger partial charge in [-0.15, -0.1) is 0 Å². The molecule has 0 radical (unpaired) electrons. The Labute approximate surface area is 91.6 Å². The van der Waals surface area contributed by atoms with Gasteiger partial charge in [-0.2, -0.15) is 0 Å². The second-order valence-electron chi connectivity index (χ2n) is 2.36. The lowest BCUT2D eigenvalue weighted by atomic mass is 10.3. The molecule has 1 aromatic carbocycles. The van der Waals surface area contributed by atoms with Crippen LogP contribution in [0.2, 0.25) is 0 Å². The molecule has 4 nitrogen and oxygen atoms in total. The molecule has 1 unspecified atom stereocenters. The average molecular weight is 249 g/mol. The van der Waals surface area contributed by atoms with Crippen molar-refractivity contribution in [3.05, 3.63) is 30.3 Å². The Morgan fingerprint density at radius 3 is 2.57 bits per heavy atom. The van der Waals surface area contributed by atoms with Gasteiger partial charge >= 0.3 is 6.09 Å². The van der Waals surface area contributed by atoms with Gasteiger partial charge in [0.2, 0.25) is 0 Å². The normalized spacial score (nSPS) is 14.1. The minimum Gasteiger partial charge on any atom is -0.388 e. The molecule has 0 aliphatic heterocycles. The van der Waals surface area contributed by atoms with Gasteiger partial charge in [-0.3, -0.25) is 5.32 Å². The van der Waals surface area contributed by atoms with Crippen molar-refractivity contribution >= 4 is 41.5 Å². The molecule has 2 N–H and O–H groups in total. The monoisotopic (exact) mass is 249 g/mol. The second-order valence-corrected chi connectivity index (χ2v) is 7.45. The third-order valence-electron chi connectivity index (χ3n) is 1.22. The lowest BCUT2D eigenvalue weighted by Crippen LogP contribution is -2.10. The van der Waals surface area contributed by atoms with E-state index in [4.69, 9.17) is 4.89 Å². The predicted molar refractivity (Wildman–Crippen MR) is 62.0 cm³/mol. The van der Waals surface area contributed by atoms with E-state index in [0.29, 0.717) is 5.69 Å². The fourth-order valence-corrected chi connectivity index (χ4v) is 1.46. The van der Waals surface area contributed by atoms with Gasteiger partial charge in [0.1, 0.15) is 0 Å². The molecular weight excluding hydrogens is 241 g/mol. The lowest BCUT2D eigenvalue weighted by molar-refractivity contribution is 0.217. The van der Waals surface area contributed by atoms with E-state index in [0.717, 1.165) is 0 Å². The fraction of sp³-hybridized carbons (Fsp3) is 0. The molecule has 0 saturated heterocycles. The molecule has 0 aromatic heterocycles. The van der Waals surface area contributed by atoms with E-state index in [1.807, 2.05) is 6.07 Å². The first-order valence-corrected chi connectivity index (χ1v) is 7.41. The van der Waals surface area contributed by atoms with Crippen molar-refractivity contribution in [2.45, 2.75) is 0 Å². The highest BCUT2D eigenvalue weighted by Gasteiger charge is 2.13. The fourth-order valence-electron chi connectivity index (χ4n) is 0.770. The van der Waals surface area contributed by atoms with Crippen molar-refractivity contribution < 1.29 is 14.2 Å². The minimum absolute atomic E-state index is 0.564. The number of carbonyl (C=O) groups is 1. The molecule has 0 fully saturated rings. The van der Waals surface area contributed by atoms with Crippen LogP contribution >= 0.6 is 17.9 Å². The van der Waals surface area contributed by atoms with Crippen molar-refractivity contribution in [2.24, 2.45) is 0 Å². The van der Waals surface area contributed by atoms with Crippen LogP contribution in [0.1, 0.15) is 0 Å². The SMILES string of the molecule is O=C(Nc1ccccc1)OP(O)(=S)S. The first kappa shape index (κ1) is 11.5. The highest BCUT2D eigenvalue weighted by atomic mass is 32.9. The number of carbonyl (C=O) groups excluding carboxylic acids is 1. The van der Waals surface area contributed by atoms with Crippen LogP contribution in [-0.4, -0.2) is 11.0 Å². The Morgan fingerprint density at radius 2 is 2.07 bits per heavy atom. The van der Waals surface area contributed by atoms with Gasteiger partial charge in [-0.05, 0) is 23.9 Å². The van der Waals surface area contributed by atoms with Crippen LogP contribution in [0.4, 0.5) is 10.5 Å². The summed E-state index contributed by atoms with van der Waals surface area (Å²) in [6.45, 7) is 0. The maximum atomic E-state index is 11.0. The van der Waals surface area contributed by atoms with Gasteiger partial charge in [-0.1, -0.05) is 30.4 Å². The first-order valence-electron chi connectivity index (χ1n) is 3.58. The molecule has 0 spiro atoms. The Morgan fingerprint density at radius 1 is 1.50 bits per heavy atom. The van der Waals surface area contributed by atoms with Gasteiger partial charge in [0.05, 0.1) is 0 Å². The Balaban J connectivity index is 2.55. The largest absolute Gasteiger partial charge is 0.417 e. The van der Waals surface area contributed by atoms with E-state index in [-0.39, 0.29) is 0 Å². The third-order valence-corrected chi connectivity index (χ3v) is 2.09. The molecule has 1 aromatic rings. The summed E-state index contributed by atoms with van der Waals surface area (Å²) in [5.41, 5.74) is -2.68. The summed E-state index contributed by atoms with van der Waals surface area (Å²) >= 11 is 7.98. The van der Waals surface area contributed by atoms with Crippen molar-refractivity contribution in [3.63, 3.8) is 0 Å². The highest BCUT2D eigenvalue weighted by molar-refractivity contribution is 8.59. The summed E-state index contributed by atoms with van der Waals surface area (Å²) < 4.78 is 4.44. The van der Waals surface area contributed by atoms with Crippen LogP contribution in [-0.2, 0) is 16.3 Å². The van der Waals surface area contributed by atoms with Crippen molar-refractivity contribution in [2.75, 3.05) is 5.32 Å². The van der Waals surface area contributed by atoms with Gasteiger partial charge in [-0.25, -0.2) is 4.79 Å². The number of benzene rings is 1. The Hall–Kier alpha value is -0.550. The molecule has 1 rings (SSSR count). The smallest absolute Gasteiger partial charge is 0.388 e. The molecular formula is C7H8NO3PS2. The van der Waals surface area contributed by atoms with E-state index in [9.17, 15) is 4.79 Å². The van der Waals surface area contributed by atoms with Crippen LogP contribution in [0.3, 0.4) is 0 Å².